The van der Waals surface area contributed by atoms with Crippen LogP contribution >= 0.6 is 0 Å². The van der Waals surface area contributed by atoms with Crippen molar-refractivity contribution in [1.82, 2.24) is 9.80 Å². The maximum atomic E-state index is 5.82. The highest BCUT2D eigenvalue weighted by atomic mass is 16.5. The van der Waals surface area contributed by atoms with Crippen LogP contribution in [0.2, 0.25) is 0 Å². The topological polar surface area (TPSA) is 38.1 Å². The summed E-state index contributed by atoms with van der Waals surface area (Å²) in [5, 5.41) is 0. The second-order valence-corrected chi connectivity index (χ2v) is 7.15. The molecule has 4 heterocycles. The van der Waals surface area contributed by atoms with Crippen molar-refractivity contribution in [1.29, 1.82) is 0 Å². The quantitative estimate of drug-likeness (QED) is 0.848. The van der Waals surface area contributed by atoms with Crippen molar-refractivity contribution in [2.75, 3.05) is 40.0 Å². The van der Waals surface area contributed by atoms with Gasteiger partial charge in [-0.15, -0.1) is 0 Å². The zero-order chi connectivity index (χ0) is 15.6. The average molecular weight is 320 g/mol. The SMILES string of the molecule is CO[C@@H]1CCN(C2CCOCC2)[C@H]2CN(Cc3ccco3)C[C@@H]12. The van der Waals surface area contributed by atoms with E-state index in [0.717, 1.165) is 45.0 Å². The van der Waals surface area contributed by atoms with E-state index in [2.05, 4.69) is 15.9 Å². The summed E-state index contributed by atoms with van der Waals surface area (Å²) in [5.41, 5.74) is 0. The van der Waals surface area contributed by atoms with Crippen LogP contribution in [0.4, 0.5) is 0 Å². The molecule has 0 amide bonds. The van der Waals surface area contributed by atoms with Gasteiger partial charge in [0.25, 0.3) is 0 Å². The number of hydrogen-bond acceptors (Lipinski definition) is 5. The lowest BCUT2D eigenvalue weighted by molar-refractivity contribution is -0.0563. The lowest BCUT2D eigenvalue weighted by atomic mass is 9.87. The van der Waals surface area contributed by atoms with E-state index < -0.39 is 0 Å². The molecule has 0 aliphatic carbocycles. The summed E-state index contributed by atoms with van der Waals surface area (Å²) in [6.07, 6.45) is 5.68. The molecule has 23 heavy (non-hydrogen) atoms. The minimum absolute atomic E-state index is 0.401. The maximum Gasteiger partial charge on any atom is 0.117 e. The summed E-state index contributed by atoms with van der Waals surface area (Å²) < 4.78 is 16.9. The standard InChI is InChI=1S/C18H28N2O3/c1-21-18-4-7-20(14-5-9-22-10-6-14)17-13-19(12-16(17)18)11-15-3-2-8-23-15/h2-3,8,14,16-18H,4-7,9-13H2,1H3/t16-,17+,18-/m1/s1. The van der Waals surface area contributed by atoms with Gasteiger partial charge in [0.15, 0.2) is 0 Å². The monoisotopic (exact) mass is 320 g/mol. The highest BCUT2D eigenvalue weighted by molar-refractivity contribution is 5.04. The van der Waals surface area contributed by atoms with Gasteiger partial charge in [-0.1, -0.05) is 0 Å². The lowest BCUT2D eigenvalue weighted by Gasteiger charge is -2.46. The average Bonchev–Trinajstić information content (AvgIpc) is 3.24. The molecular formula is C18H28N2O3. The van der Waals surface area contributed by atoms with Gasteiger partial charge in [-0.05, 0) is 31.4 Å². The van der Waals surface area contributed by atoms with Gasteiger partial charge in [0.2, 0.25) is 0 Å². The Balaban J connectivity index is 1.47. The van der Waals surface area contributed by atoms with Crippen LogP contribution in [-0.4, -0.2) is 67.9 Å². The molecule has 3 fully saturated rings. The van der Waals surface area contributed by atoms with Crippen molar-refractivity contribution in [2.24, 2.45) is 5.92 Å². The predicted octanol–water partition coefficient (Wildman–Crippen LogP) is 1.98. The molecule has 0 N–H and O–H groups in total. The molecule has 3 atom stereocenters. The Morgan fingerprint density at radius 2 is 2.09 bits per heavy atom. The Labute approximate surface area is 138 Å². The number of likely N-dealkylation sites (tertiary alicyclic amines) is 2. The van der Waals surface area contributed by atoms with Gasteiger partial charge >= 0.3 is 0 Å². The van der Waals surface area contributed by atoms with Crippen molar-refractivity contribution < 1.29 is 13.9 Å². The summed E-state index contributed by atoms with van der Waals surface area (Å²) in [6.45, 7) is 6.16. The summed E-state index contributed by atoms with van der Waals surface area (Å²) >= 11 is 0. The summed E-state index contributed by atoms with van der Waals surface area (Å²) in [6, 6.07) is 5.36. The van der Waals surface area contributed by atoms with E-state index in [9.17, 15) is 0 Å². The Hall–Kier alpha value is -0.880. The van der Waals surface area contributed by atoms with Gasteiger partial charge in [-0.3, -0.25) is 9.80 Å². The van der Waals surface area contributed by atoms with Crippen LogP contribution in [0.15, 0.2) is 22.8 Å². The molecule has 0 saturated carbocycles. The van der Waals surface area contributed by atoms with Gasteiger partial charge in [-0.25, -0.2) is 0 Å². The number of nitrogens with zero attached hydrogens (tertiary/aromatic N) is 2. The molecule has 0 radical (unpaired) electrons. The molecule has 0 unspecified atom stereocenters. The fourth-order valence-corrected chi connectivity index (χ4v) is 4.78. The lowest BCUT2D eigenvalue weighted by Crippen LogP contribution is -2.56. The van der Waals surface area contributed by atoms with E-state index in [0.29, 0.717) is 24.1 Å². The van der Waals surface area contributed by atoms with E-state index in [1.165, 1.54) is 19.4 Å². The molecule has 3 aliphatic heterocycles. The van der Waals surface area contributed by atoms with Gasteiger partial charge in [-0.2, -0.15) is 0 Å². The second-order valence-electron chi connectivity index (χ2n) is 7.15. The Morgan fingerprint density at radius 1 is 1.22 bits per heavy atom. The van der Waals surface area contributed by atoms with Crippen molar-refractivity contribution in [3.8, 4) is 0 Å². The number of methoxy groups -OCH3 is 1. The molecular weight excluding hydrogens is 292 g/mol. The van der Waals surface area contributed by atoms with Crippen molar-refractivity contribution in [3.05, 3.63) is 24.2 Å². The van der Waals surface area contributed by atoms with Crippen LogP contribution in [0.1, 0.15) is 25.0 Å². The second kappa shape index (κ2) is 6.93. The van der Waals surface area contributed by atoms with Gasteiger partial charge < -0.3 is 13.9 Å². The van der Waals surface area contributed by atoms with E-state index in [4.69, 9.17) is 13.9 Å². The first-order valence-corrected chi connectivity index (χ1v) is 8.96. The van der Waals surface area contributed by atoms with E-state index in [1.807, 2.05) is 13.2 Å². The molecule has 0 spiro atoms. The first kappa shape index (κ1) is 15.6. The minimum atomic E-state index is 0.401. The normalized spacial score (nSPS) is 33.9. The number of rotatable bonds is 4. The maximum absolute atomic E-state index is 5.82. The number of ether oxygens (including phenoxy) is 2. The van der Waals surface area contributed by atoms with Crippen molar-refractivity contribution in [2.45, 2.75) is 44.0 Å². The molecule has 128 valence electrons. The fraction of sp³-hybridized carbons (Fsp3) is 0.778. The molecule has 4 rings (SSSR count). The van der Waals surface area contributed by atoms with Crippen LogP contribution in [0, 0.1) is 5.92 Å². The van der Waals surface area contributed by atoms with Crippen LogP contribution in [-0.2, 0) is 16.0 Å². The van der Waals surface area contributed by atoms with Gasteiger partial charge in [0.1, 0.15) is 5.76 Å². The summed E-state index contributed by atoms with van der Waals surface area (Å²) in [7, 11) is 1.88. The van der Waals surface area contributed by atoms with Crippen LogP contribution in [0.25, 0.3) is 0 Å². The Bertz CT molecular complexity index is 486. The molecule has 0 aromatic carbocycles. The number of hydrogen-bond donors (Lipinski definition) is 0. The minimum Gasteiger partial charge on any atom is -0.468 e. The van der Waals surface area contributed by atoms with Crippen LogP contribution in [0.3, 0.4) is 0 Å². The summed E-state index contributed by atoms with van der Waals surface area (Å²) in [4.78, 5) is 5.31. The first-order valence-electron chi connectivity index (χ1n) is 8.96. The van der Waals surface area contributed by atoms with Crippen molar-refractivity contribution >= 4 is 0 Å². The Morgan fingerprint density at radius 3 is 2.83 bits per heavy atom. The van der Waals surface area contributed by atoms with Crippen LogP contribution < -0.4 is 0 Å². The number of piperidine rings is 1. The molecule has 1 aromatic heterocycles. The van der Waals surface area contributed by atoms with Gasteiger partial charge in [0.05, 0.1) is 18.9 Å². The molecule has 3 saturated heterocycles. The zero-order valence-electron chi connectivity index (χ0n) is 14.0. The molecule has 5 heteroatoms. The molecule has 0 bridgehead atoms. The van der Waals surface area contributed by atoms with E-state index in [1.54, 1.807) is 6.26 Å². The highest BCUT2D eigenvalue weighted by Crippen LogP contribution is 2.35. The smallest absolute Gasteiger partial charge is 0.117 e. The predicted molar refractivity (Wildman–Crippen MR) is 87.2 cm³/mol. The van der Waals surface area contributed by atoms with Gasteiger partial charge in [0, 0.05) is 58.0 Å². The third-order valence-corrected chi connectivity index (χ3v) is 5.91. The number of furan rings is 1. The zero-order valence-corrected chi connectivity index (χ0v) is 14.0. The van der Waals surface area contributed by atoms with E-state index >= 15 is 0 Å². The third-order valence-electron chi connectivity index (χ3n) is 5.91. The molecule has 5 nitrogen and oxygen atoms in total. The number of fused-ring (bicyclic) bond motifs is 1. The van der Waals surface area contributed by atoms with E-state index in [-0.39, 0.29) is 0 Å². The first-order chi connectivity index (χ1) is 11.3. The van der Waals surface area contributed by atoms with Crippen molar-refractivity contribution in [3.63, 3.8) is 0 Å². The summed E-state index contributed by atoms with van der Waals surface area (Å²) in [5.74, 6) is 1.68. The molecule has 1 aromatic rings. The van der Waals surface area contributed by atoms with Crippen LogP contribution in [0.5, 0.6) is 0 Å². The fourth-order valence-electron chi connectivity index (χ4n) is 4.78. The third kappa shape index (κ3) is 3.20. The largest absolute Gasteiger partial charge is 0.468 e. The Kier molecular flexibility index (Phi) is 4.71. The molecule has 3 aliphatic rings. The highest BCUT2D eigenvalue weighted by Gasteiger charge is 2.46.